The minimum Gasteiger partial charge on any atom is -0.337 e. The number of amides is 1. The van der Waals surface area contributed by atoms with E-state index in [9.17, 15) is 4.79 Å². The molecule has 1 aliphatic rings. The molecule has 0 radical (unpaired) electrons. The molecule has 3 rings (SSSR count). The SMILES string of the molecule is CC(=O)N(C)c1ccc(/C=C/c2ccc3c(c2)OOC3)cc1. The molecule has 1 heterocycles. The van der Waals surface area contributed by atoms with Crippen LogP contribution in [0, 0.1) is 0 Å². The number of rotatable bonds is 3. The lowest BCUT2D eigenvalue weighted by molar-refractivity contribution is -0.194. The van der Waals surface area contributed by atoms with E-state index < -0.39 is 0 Å². The van der Waals surface area contributed by atoms with E-state index >= 15 is 0 Å². The fraction of sp³-hybridized carbons (Fsp3) is 0.167. The molecule has 22 heavy (non-hydrogen) atoms. The van der Waals surface area contributed by atoms with Gasteiger partial charge in [0.1, 0.15) is 6.61 Å². The minimum atomic E-state index is 0.0173. The zero-order chi connectivity index (χ0) is 15.5. The lowest BCUT2D eigenvalue weighted by Crippen LogP contribution is -2.22. The molecule has 2 aromatic carbocycles. The zero-order valence-electron chi connectivity index (χ0n) is 12.6. The Hall–Kier alpha value is -2.59. The Bertz CT molecular complexity index is 720. The van der Waals surface area contributed by atoms with E-state index in [1.54, 1.807) is 18.9 Å². The van der Waals surface area contributed by atoms with Crippen molar-refractivity contribution in [1.29, 1.82) is 0 Å². The Balaban J connectivity index is 1.74. The summed E-state index contributed by atoms with van der Waals surface area (Å²) < 4.78 is 0. The lowest BCUT2D eigenvalue weighted by Gasteiger charge is -2.14. The number of carbonyl (C=O) groups excluding carboxylic acids is 1. The third kappa shape index (κ3) is 3.02. The predicted molar refractivity (Wildman–Crippen MR) is 86.3 cm³/mol. The van der Waals surface area contributed by atoms with Gasteiger partial charge in [-0.1, -0.05) is 36.4 Å². The molecule has 4 heteroatoms. The van der Waals surface area contributed by atoms with Gasteiger partial charge < -0.3 is 9.79 Å². The fourth-order valence-corrected chi connectivity index (χ4v) is 2.21. The molecular formula is C18H17NO3. The number of nitrogens with zero attached hydrogens (tertiary/aromatic N) is 1. The molecule has 0 fully saturated rings. The number of benzene rings is 2. The summed E-state index contributed by atoms with van der Waals surface area (Å²) in [5, 5.41) is 0. The van der Waals surface area contributed by atoms with Crippen LogP contribution in [0.5, 0.6) is 5.75 Å². The maximum absolute atomic E-state index is 11.3. The van der Waals surface area contributed by atoms with E-state index in [-0.39, 0.29) is 5.91 Å². The second kappa shape index (κ2) is 6.03. The summed E-state index contributed by atoms with van der Waals surface area (Å²) in [4.78, 5) is 23.0. The maximum Gasteiger partial charge on any atom is 0.223 e. The van der Waals surface area contributed by atoms with Crippen LogP contribution >= 0.6 is 0 Å². The van der Waals surface area contributed by atoms with E-state index in [0.717, 1.165) is 28.1 Å². The Kier molecular flexibility index (Phi) is 3.94. The van der Waals surface area contributed by atoms with E-state index in [2.05, 4.69) is 0 Å². The van der Waals surface area contributed by atoms with Crippen molar-refractivity contribution in [3.63, 3.8) is 0 Å². The molecule has 0 saturated heterocycles. The van der Waals surface area contributed by atoms with Crippen LogP contribution in [0.15, 0.2) is 42.5 Å². The molecule has 0 saturated carbocycles. The molecule has 0 bridgehead atoms. The Labute approximate surface area is 129 Å². The molecule has 112 valence electrons. The van der Waals surface area contributed by atoms with E-state index in [4.69, 9.17) is 9.78 Å². The van der Waals surface area contributed by atoms with Crippen molar-refractivity contribution in [3.05, 3.63) is 59.2 Å². The monoisotopic (exact) mass is 295 g/mol. The fourth-order valence-electron chi connectivity index (χ4n) is 2.21. The summed E-state index contributed by atoms with van der Waals surface area (Å²) >= 11 is 0. The first kappa shape index (κ1) is 14.4. The highest BCUT2D eigenvalue weighted by Gasteiger charge is 2.12. The van der Waals surface area contributed by atoms with Gasteiger partial charge in [-0.05, 0) is 29.3 Å². The summed E-state index contributed by atoms with van der Waals surface area (Å²) in [6, 6.07) is 13.8. The molecule has 1 amide bonds. The Morgan fingerprint density at radius 3 is 2.50 bits per heavy atom. The Morgan fingerprint density at radius 2 is 1.77 bits per heavy atom. The van der Waals surface area contributed by atoms with Gasteiger partial charge in [-0.25, -0.2) is 0 Å². The lowest BCUT2D eigenvalue weighted by atomic mass is 10.1. The van der Waals surface area contributed by atoms with E-state index in [1.807, 2.05) is 54.6 Å². The summed E-state index contributed by atoms with van der Waals surface area (Å²) in [5.74, 6) is 0.796. The number of fused-ring (bicyclic) bond motifs is 1. The summed E-state index contributed by atoms with van der Waals surface area (Å²) in [5.41, 5.74) is 4.06. The third-order valence-corrected chi connectivity index (χ3v) is 3.68. The van der Waals surface area contributed by atoms with Gasteiger partial charge in [0, 0.05) is 25.2 Å². The quantitative estimate of drug-likeness (QED) is 0.640. The van der Waals surface area contributed by atoms with Crippen LogP contribution in [0.4, 0.5) is 5.69 Å². The van der Waals surface area contributed by atoms with Crippen molar-refractivity contribution < 1.29 is 14.6 Å². The van der Waals surface area contributed by atoms with Crippen molar-refractivity contribution in [2.45, 2.75) is 13.5 Å². The van der Waals surface area contributed by atoms with Gasteiger partial charge in [0.2, 0.25) is 5.91 Å². The highest BCUT2D eigenvalue weighted by molar-refractivity contribution is 5.91. The average molecular weight is 295 g/mol. The van der Waals surface area contributed by atoms with Gasteiger partial charge in [0.15, 0.2) is 5.75 Å². The number of carbonyl (C=O) groups is 1. The second-order valence-electron chi connectivity index (χ2n) is 5.22. The largest absolute Gasteiger partial charge is 0.337 e. The third-order valence-electron chi connectivity index (χ3n) is 3.68. The summed E-state index contributed by atoms with van der Waals surface area (Å²) in [6.45, 7) is 2.05. The topological polar surface area (TPSA) is 38.8 Å². The van der Waals surface area contributed by atoms with Gasteiger partial charge >= 0.3 is 0 Å². The molecule has 2 aromatic rings. The summed E-state index contributed by atoms with van der Waals surface area (Å²) in [6.07, 6.45) is 4.04. The number of anilines is 1. The van der Waals surface area contributed by atoms with Crippen LogP contribution in [0.25, 0.3) is 12.2 Å². The van der Waals surface area contributed by atoms with Crippen LogP contribution < -0.4 is 9.79 Å². The van der Waals surface area contributed by atoms with Gasteiger partial charge in [-0.3, -0.25) is 4.79 Å². The smallest absolute Gasteiger partial charge is 0.223 e. The molecule has 0 unspecified atom stereocenters. The highest BCUT2D eigenvalue weighted by Crippen LogP contribution is 2.27. The van der Waals surface area contributed by atoms with Gasteiger partial charge in [-0.15, -0.1) is 0 Å². The van der Waals surface area contributed by atoms with Crippen LogP contribution in [0.1, 0.15) is 23.6 Å². The van der Waals surface area contributed by atoms with Gasteiger partial charge in [0.25, 0.3) is 0 Å². The first-order valence-corrected chi connectivity index (χ1v) is 7.08. The minimum absolute atomic E-state index is 0.0173. The zero-order valence-corrected chi connectivity index (χ0v) is 12.6. The number of hydrogen-bond acceptors (Lipinski definition) is 3. The number of hydrogen-bond donors (Lipinski definition) is 0. The summed E-state index contributed by atoms with van der Waals surface area (Å²) in [7, 11) is 1.76. The standard InChI is InChI=1S/C18H17NO3/c1-13(20)19(2)17-9-6-14(7-10-17)3-4-15-5-8-16-12-21-22-18(16)11-15/h3-11H,12H2,1-2H3/b4-3+. The molecule has 0 atom stereocenters. The molecular weight excluding hydrogens is 278 g/mol. The Morgan fingerprint density at radius 1 is 1.09 bits per heavy atom. The molecule has 0 spiro atoms. The van der Waals surface area contributed by atoms with Crippen LogP contribution in [0.3, 0.4) is 0 Å². The van der Waals surface area contributed by atoms with Crippen LogP contribution in [0.2, 0.25) is 0 Å². The predicted octanol–water partition coefficient (Wildman–Crippen LogP) is 3.66. The molecule has 0 aliphatic carbocycles. The normalized spacial score (nSPS) is 13.0. The van der Waals surface area contributed by atoms with Crippen molar-refractivity contribution in [1.82, 2.24) is 0 Å². The highest BCUT2D eigenvalue weighted by atomic mass is 17.2. The van der Waals surface area contributed by atoms with Crippen molar-refractivity contribution in [3.8, 4) is 5.75 Å². The van der Waals surface area contributed by atoms with Crippen molar-refractivity contribution >= 4 is 23.7 Å². The average Bonchev–Trinajstić information content (AvgIpc) is 3.00. The van der Waals surface area contributed by atoms with Crippen LogP contribution in [-0.2, 0) is 16.3 Å². The molecule has 0 aromatic heterocycles. The molecule has 4 nitrogen and oxygen atoms in total. The maximum atomic E-state index is 11.3. The molecule has 0 N–H and O–H groups in total. The van der Waals surface area contributed by atoms with Gasteiger partial charge in [0.05, 0.1) is 0 Å². The second-order valence-corrected chi connectivity index (χ2v) is 5.22. The van der Waals surface area contributed by atoms with Crippen LogP contribution in [-0.4, -0.2) is 13.0 Å². The van der Waals surface area contributed by atoms with Crippen molar-refractivity contribution in [2.75, 3.05) is 11.9 Å². The first-order valence-electron chi connectivity index (χ1n) is 7.08. The van der Waals surface area contributed by atoms with E-state index in [1.165, 1.54) is 0 Å². The molecule has 1 aliphatic heterocycles. The van der Waals surface area contributed by atoms with Crippen molar-refractivity contribution in [2.24, 2.45) is 0 Å². The van der Waals surface area contributed by atoms with Gasteiger partial charge in [-0.2, -0.15) is 4.89 Å². The first-order chi connectivity index (χ1) is 10.6. The van der Waals surface area contributed by atoms with E-state index in [0.29, 0.717) is 6.61 Å².